The Balaban J connectivity index is 3.44. The molecule has 0 aliphatic heterocycles. The van der Waals surface area contributed by atoms with E-state index in [0.29, 0.717) is 4.47 Å². The van der Waals surface area contributed by atoms with Crippen molar-refractivity contribution in [2.75, 3.05) is 6.61 Å². The predicted octanol–water partition coefficient (Wildman–Crippen LogP) is 3.16. The fraction of sp³-hybridized carbons (Fsp3) is 0.222. The first kappa shape index (κ1) is 15.2. The molecule has 0 heterocycles. The molecule has 0 radical (unpaired) electrons. The highest BCUT2D eigenvalue weighted by Gasteiger charge is 2.22. The lowest BCUT2D eigenvalue weighted by Crippen LogP contribution is -2.09. The molecule has 0 saturated heterocycles. The zero-order valence-electron chi connectivity index (χ0n) is 8.54. The zero-order valence-corrected chi connectivity index (χ0v) is 13.9. The standard InChI is InChI=1S/C9H7BrClIO4S/c1-2-16-9(13)6-3-5(10)4-7(8(6)12)17(11,14)15/h3-4H,2H2,1H3. The van der Waals surface area contributed by atoms with Crippen LogP contribution in [0.4, 0.5) is 0 Å². The van der Waals surface area contributed by atoms with Crippen molar-refractivity contribution in [2.45, 2.75) is 11.8 Å². The lowest BCUT2D eigenvalue weighted by Gasteiger charge is -2.08. The van der Waals surface area contributed by atoms with Gasteiger partial charge in [0.25, 0.3) is 9.05 Å². The van der Waals surface area contributed by atoms with Crippen molar-refractivity contribution in [3.05, 3.63) is 25.7 Å². The van der Waals surface area contributed by atoms with E-state index in [4.69, 9.17) is 15.4 Å². The van der Waals surface area contributed by atoms with Crippen molar-refractivity contribution < 1.29 is 17.9 Å². The topological polar surface area (TPSA) is 60.4 Å². The number of ether oxygens (including phenoxy) is 1. The van der Waals surface area contributed by atoms with Crippen molar-refractivity contribution in [1.82, 2.24) is 0 Å². The second-order valence-corrected chi connectivity index (χ2v) is 7.45. The van der Waals surface area contributed by atoms with Gasteiger partial charge in [-0.3, -0.25) is 0 Å². The maximum absolute atomic E-state index is 11.6. The Morgan fingerprint density at radius 2 is 2.12 bits per heavy atom. The molecular weight excluding hydrogens is 446 g/mol. The van der Waals surface area contributed by atoms with Gasteiger partial charge >= 0.3 is 5.97 Å². The molecule has 17 heavy (non-hydrogen) atoms. The molecule has 0 spiro atoms. The molecule has 0 N–H and O–H groups in total. The van der Waals surface area contributed by atoms with Crippen LogP contribution >= 0.6 is 49.2 Å². The third kappa shape index (κ3) is 3.80. The highest BCUT2D eigenvalue weighted by Crippen LogP contribution is 2.29. The molecule has 94 valence electrons. The summed E-state index contributed by atoms with van der Waals surface area (Å²) < 4.78 is 28.2. The molecule has 0 fully saturated rings. The van der Waals surface area contributed by atoms with E-state index in [1.165, 1.54) is 12.1 Å². The number of carbonyl (C=O) groups is 1. The summed E-state index contributed by atoms with van der Waals surface area (Å²) in [4.78, 5) is 11.5. The summed E-state index contributed by atoms with van der Waals surface area (Å²) in [7, 11) is 1.38. The van der Waals surface area contributed by atoms with Gasteiger partial charge in [0, 0.05) is 18.7 Å². The number of carbonyl (C=O) groups excluding carboxylic acids is 1. The van der Waals surface area contributed by atoms with E-state index >= 15 is 0 Å². The van der Waals surface area contributed by atoms with Crippen LogP contribution in [0, 0.1) is 3.57 Å². The van der Waals surface area contributed by atoms with Gasteiger partial charge in [0.15, 0.2) is 0 Å². The van der Waals surface area contributed by atoms with Gasteiger partial charge < -0.3 is 4.74 Å². The van der Waals surface area contributed by atoms with Crippen LogP contribution in [0.5, 0.6) is 0 Å². The smallest absolute Gasteiger partial charge is 0.339 e. The van der Waals surface area contributed by atoms with Gasteiger partial charge in [0.1, 0.15) is 0 Å². The Kier molecular flexibility index (Phi) is 5.23. The van der Waals surface area contributed by atoms with Gasteiger partial charge in [0.05, 0.1) is 17.1 Å². The van der Waals surface area contributed by atoms with Crippen LogP contribution in [-0.4, -0.2) is 21.0 Å². The van der Waals surface area contributed by atoms with E-state index in [-0.39, 0.29) is 20.6 Å². The largest absolute Gasteiger partial charge is 0.462 e. The third-order valence-electron chi connectivity index (χ3n) is 1.76. The number of hydrogen-bond acceptors (Lipinski definition) is 4. The van der Waals surface area contributed by atoms with Gasteiger partial charge in [-0.2, -0.15) is 0 Å². The summed E-state index contributed by atoms with van der Waals surface area (Å²) >= 11 is 4.88. The van der Waals surface area contributed by atoms with Crippen molar-refractivity contribution in [3.8, 4) is 0 Å². The monoisotopic (exact) mass is 452 g/mol. The number of rotatable bonds is 3. The number of halogens is 3. The molecule has 8 heteroatoms. The minimum absolute atomic E-state index is 0.114. The summed E-state index contributed by atoms with van der Waals surface area (Å²) in [6.07, 6.45) is 0. The second-order valence-electron chi connectivity index (χ2n) is 2.92. The molecule has 1 aromatic rings. The van der Waals surface area contributed by atoms with Gasteiger partial charge in [-0.25, -0.2) is 13.2 Å². The Morgan fingerprint density at radius 1 is 1.53 bits per heavy atom. The summed E-state index contributed by atoms with van der Waals surface area (Å²) in [5.74, 6) is -0.584. The van der Waals surface area contributed by atoms with Crippen LogP contribution in [-0.2, 0) is 13.8 Å². The molecule has 1 aromatic carbocycles. The van der Waals surface area contributed by atoms with Crippen molar-refractivity contribution in [3.63, 3.8) is 0 Å². The molecule has 0 aromatic heterocycles. The van der Waals surface area contributed by atoms with Gasteiger partial charge in [-0.15, -0.1) is 0 Å². The first-order chi connectivity index (χ1) is 7.77. The number of benzene rings is 1. The predicted molar refractivity (Wildman–Crippen MR) is 75.9 cm³/mol. The highest BCUT2D eigenvalue weighted by molar-refractivity contribution is 14.1. The van der Waals surface area contributed by atoms with Crippen LogP contribution in [0.3, 0.4) is 0 Å². The zero-order chi connectivity index (χ0) is 13.2. The Bertz CT molecular complexity index is 558. The summed E-state index contributed by atoms with van der Waals surface area (Å²) in [6.45, 7) is 1.88. The van der Waals surface area contributed by atoms with Crippen LogP contribution in [0.1, 0.15) is 17.3 Å². The molecule has 0 bridgehead atoms. The quantitative estimate of drug-likeness (QED) is 0.401. The molecule has 4 nitrogen and oxygen atoms in total. The Labute approximate surface area is 125 Å². The SMILES string of the molecule is CCOC(=O)c1cc(Br)cc(S(=O)(=O)Cl)c1I. The second kappa shape index (κ2) is 5.85. The van der Waals surface area contributed by atoms with Crippen molar-refractivity contribution in [2.24, 2.45) is 0 Å². The number of esters is 1. The summed E-state index contributed by atoms with van der Waals surface area (Å²) in [6, 6.07) is 2.83. The molecule has 0 saturated carbocycles. The van der Waals surface area contributed by atoms with E-state index in [0.717, 1.165) is 0 Å². The fourth-order valence-corrected chi connectivity index (χ4v) is 4.46. The van der Waals surface area contributed by atoms with Crippen molar-refractivity contribution in [1.29, 1.82) is 0 Å². The van der Waals surface area contributed by atoms with Crippen LogP contribution in [0.25, 0.3) is 0 Å². The lowest BCUT2D eigenvalue weighted by atomic mass is 10.2. The fourth-order valence-electron chi connectivity index (χ4n) is 1.10. The Hall–Kier alpha value is 0.140. The summed E-state index contributed by atoms with van der Waals surface area (Å²) in [5, 5.41) is 0. The highest BCUT2D eigenvalue weighted by atomic mass is 127. The van der Waals surface area contributed by atoms with Crippen molar-refractivity contribution >= 4 is 64.2 Å². The normalized spacial score (nSPS) is 11.3. The maximum Gasteiger partial charge on any atom is 0.339 e. The summed E-state index contributed by atoms with van der Waals surface area (Å²) in [5.41, 5.74) is 0.168. The minimum atomic E-state index is -3.90. The molecule has 0 amide bonds. The van der Waals surface area contributed by atoms with E-state index in [2.05, 4.69) is 15.9 Å². The first-order valence-corrected chi connectivity index (χ1v) is 8.56. The van der Waals surface area contributed by atoms with Gasteiger partial charge in [-0.1, -0.05) is 15.9 Å². The minimum Gasteiger partial charge on any atom is -0.462 e. The van der Waals surface area contributed by atoms with Gasteiger partial charge in [0.2, 0.25) is 0 Å². The van der Waals surface area contributed by atoms with E-state index in [1.54, 1.807) is 29.5 Å². The molecule has 0 atom stereocenters. The van der Waals surface area contributed by atoms with Gasteiger partial charge in [-0.05, 0) is 41.6 Å². The maximum atomic E-state index is 11.6. The van der Waals surface area contributed by atoms with E-state index in [1.807, 2.05) is 0 Å². The van der Waals surface area contributed by atoms with Crippen LogP contribution < -0.4 is 0 Å². The van der Waals surface area contributed by atoms with E-state index < -0.39 is 15.0 Å². The molecule has 1 rings (SSSR count). The van der Waals surface area contributed by atoms with Crippen LogP contribution in [0.2, 0.25) is 0 Å². The lowest BCUT2D eigenvalue weighted by molar-refractivity contribution is 0.0524. The molecular formula is C9H7BrClIO4S. The molecule has 0 aliphatic carbocycles. The molecule has 0 unspecified atom stereocenters. The average molecular weight is 453 g/mol. The third-order valence-corrected chi connectivity index (χ3v) is 5.09. The van der Waals surface area contributed by atoms with E-state index in [9.17, 15) is 13.2 Å². The number of hydrogen-bond donors (Lipinski definition) is 0. The molecule has 0 aliphatic rings. The van der Waals surface area contributed by atoms with Crippen LogP contribution in [0.15, 0.2) is 21.5 Å². The Morgan fingerprint density at radius 3 is 2.59 bits per heavy atom. The average Bonchev–Trinajstić information content (AvgIpc) is 2.19. The first-order valence-electron chi connectivity index (χ1n) is 4.38.